The molecule has 0 fully saturated rings. The van der Waals surface area contributed by atoms with Gasteiger partial charge in [0.25, 0.3) is 0 Å². The van der Waals surface area contributed by atoms with E-state index in [-0.39, 0.29) is 16.5 Å². The Kier molecular flexibility index (Phi) is 6.68. The molecule has 1 aromatic carbocycles. The van der Waals surface area contributed by atoms with E-state index < -0.39 is 5.97 Å². The summed E-state index contributed by atoms with van der Waals surface area (Å²) < 4.78 is 0. The molecule has 0 aliphatic carbocycles. The molecular weight excluding hydrogens is 511 g/mol. The number of thiophene rings is 1. The molecule has 3 aromatic heterocycles. The summed E-state index contributed by atoms with van der Waals surface area (Å²) in [5, 5.41) is 16.6. The molecule has 0 radical (unpaired) electrons. The monoisotopic (exact) mass is 524 g/mol. The Balaban J connectivity index is 1.48. The maximum absolute atomic E-state index is 12.5. The van der Waals surface area contributed by atoms with Crippen molar-refractivity contribution >= 4 is 84.9 Å². The van der Waals surface area contributed by atoms with Crippen molar-refractivity contribution < 1.29 is 14.7 Å². The van der Waals surface area contributed by atoms with Crippen LogP contribution >= 0.6 is 57.6 Å². The molecule has 0 saturated heterocycles. The average molecular weight is 525 g/mol. The molecule has 0 spiro atoms. The largest absolute Gasteiger partial charge is 0.477 e. The predicted octanol–water partition coefficient (Wildman–Crippen LogP) is 6.17. The van der Waals surface area contributed by atoms with Gasteiger partial charge in [0.15, 0.2) is 5.13 Å². The smallest absolute Gasteiger partial charge is 0.346 e. The number of benzene rings is 1. The number of carbonyl (C=O) groups excluding carboxylic acids is 1. The van der Waals surface area contributed by atoms with Crippen LogP contribution in [0.25, 0.3) is 21.5 Å². The summed E-state index contributed by atoms with van der Waals surface area (Å²) in [6.07, 6.45) is 0. The Labute approximate surface area is 204 Å². The Bertz CT molecular complexity index is 1370. The summed E-state index contributed by atoms with van der Waals surface area (Å²) in [6.45, 7) is 3.46. The van der Waals surface area contributed by atoms with Crippen LogP contribution in [0.1, 0.15) is 21.1 Å². The van der Waals surface area contributed by atoms with Crippen LogP contribution in [0, 0.1) is 13.8 Å². The van der Waals surface area contributed by atoms with Gasteiger partial charge in [0.05, 0.1) is 21.5 Å². The van der Waals surface area contributed by atoms with Crippen molar-refractivity contribution in [2.75, 3.05) is 11.1 Å². The zero-order chi connectivity index (χ0) is 23.0. The van der Waals surface area contributed by atoms with Crippen molar-refractivity contribution in [3.63, 3.8) is 0 Å². The van der Waals surface area contributed by atoms with E-state index in [4.69, 9.17) is 23.2 Å². The van der Waals surface area contributed by atoms with E-state index in [0.717, 1.165) is 16.9 Å². The minimum absolute atomic E-state index is 0.0882. The summed E-state index contributed by atoms with van der Waals surface area (Å²) in [4.78, 5) is 38.0. The maximum atomic E-state index is 12.5. The highest BCUT2D eigenvalue weighted by Gasteiger charge is 2.20. The number of amides is 1. The number of hydrogen-bond acceptors (Lipinski definition) is 8. The Hall–Kier alpha value is -2.24. The summed E-state index contributed by atoms with van der Waals surface area (Å²) in [5.74, 6) is -0.644. The van der Waals surface area contributed by atoms with Gasteiger partial charge in [-0.05, 0) is 31.5 Å². The zero-order valence-corrected chi connectivity index (χ0v) is 20.6. The molecule has 3 heterocycles. The number of nitrogens with one attached hydrogen (secondary N) is 1. The van der Waals surface area contributed by atoms with Crippen molar-refractivity contribution in [1.29, 1.82) is 0 Å². The standard InChI is InChI=1S/C20H14Cl2N4O3S3/c1-8-15-17(23-9(2)24-18(15)32-16(8)19(28)29)30-7-14(27)26-20-25-13(6-31-20)10-3-4-11(21)12(22)5-10/h3-6H,7H2,1-2H3,(H,28,29)(H,25,26,27). The molecule has 0 atom stereocenters. The lowest BCUT2D eigenvalue weighted by Gasteiger charge is -2.05. The molecule has 2 N–H and O–H groups in total. The van der Waals surface area contributed by atoms with Crippen molar-refractivity contribution in [2.45, 2.75) is 18.9 Å². The van der Waals surface area contributed by atoms with Crippen LogP contribution in [0.3, 0.4) is 0 Å². The lowest BCUT2D eigenvalue weighted by molar-refractivity contribution is -0.113. The van der Waals surface area contributed by atoms with Crippen LogP contribution in [-0.4, -0.2) is 37.7 Å². The molecule has 0 saturated carbocycles. The number of thioether (sulfide) groups is 1. The van der Waals surface area contributed by atoms with Gasteiger partial charge in [0.2, 0.25) is 5.91 Å². The summed E-state index contributed by atoms with van der Waals surface area (Å²) in [5.41, 5.74) is 2.08. The van der Waals surface area contributed by atoms with Crippen molar-refractivity contribution in [3.8, 4) is 11.3 Å². The van der Waals surface area contributed by atoms with Gasteiger partial charge in [0.1, 0.15) is 20.6 Å². The van der Waals surface area contributed by atoms with E-state index in [9.17, 15) is 14.7 Å². The molecule has 32 heavy (non-hydrogen) atoms. The first-order valence-corrected chi connectivity index (χ1v) is 12.5. The minimum atomic E-state index is -1.00. The van der Waals surface area contributed by atoms with Crippen LogP contribution in [0.5, 0.6) is 0 Å². The number of nitrogens with zero attached hydrogens (tertiary/aromatic N) is 3. The molecule has 164 valence electrons. The number of aromatic carboxylic acids is 1. The van der Waals surface area contributed by atoms with Crippen molar-refractivity contribution in [3.05, 3.63) is 49.9 Å². The molecule has 1 amide bonds. The SMILES string of the molecule is Cc1nc(SCC(=O)Nc2nc(-c3ccc(Cl)c(Cl)c3)cs2)c2c(C)c(C(=O)O)sc2n1. The number of aromatic nitrogens is 3. The number of hydrogen-bond donors (Lipinski definition) is 2. The molecule has 4 rings (SSSR count). The first-order valence-electron chi connectivity index (χ1n) is 9.07. The van der Waals surface area contributed by atoms with Crippen molar-refractivity contribution in [1.82, 2.24) is 15.0 Å². The lowest BCUT2D eigenvalue weighted by atomic mass is 10.2. The van der Waals surface area contributed by atoms with Gasteiger partial charge in [-0.2, -0.15) is 0 Å². The molecule has 4 aromatic rings. The first-order chi connectivity index (χ1) is 15.2. The Morgan fingerprint density at radius 2 is 1.94 bits per heavy atom. The van der Waals surface area contributed by atoms with Crippen LogP contribution in [0.15, 0.2) is 28.6 Å². The second-order valence-electron chi connectivity index (χ2n) is 6.62. The van der Waals surface area contributed by atoms with Gasteiger partial charge >= 0.3 is 5.97 Å². The van der Waals surface area contributed by atoms with E-state index >= 15 is 0 Å². The third-order valence-corrected chi connectivity index (χ3v) is 8.01. The summed E-state index contributed by atoms with van der Waals surface area (Å²) in [7, 11) is 0. The fourth-order valence-corrected chi connectivity index (χ4v) is 6.02. The third kappa shape index (κ3) is 4.74. The molecule has 0 aliphatic rings. The molecule has 0 aliphatic heterocycles. The number of anilines is 1. The average Bonchev–Trinajstić information content (AvgIpc) is 3.33. The van der Waals surface area contributed by atoms with Crippen molar-refractivity contribution in [2.24, 2.45) is 0 Å². The predicted molar refractivity (Wildman–Crippen MR) is 131 cm³/mol. The molecular formula is C20H14Cl2N4O3S3. The topological polar surface area (TPSA) is 105 Å². The summed E-state index contributed by atoms with van der Waals surface area (Å²) in [6, 6.07) is 5.22. The molecule has 0 bridgehead atoms. The number of fused-ring (bicyclic) bond motifs is 1. The number of carbonyl (C=O) groups is 2. The van der Waals surface area contributed by atoms with E-state index in [2.05, 4.69) is 20.3 Å². The van der Waals surface area contributed by atoms with Crippen LogP contribution in [0.2, 0.25) is 10.0 Å². The second-order valence-corrected chi connectivity index (χ2v) is 10.3. The molecule has 7 nitrogen and oxygen atoms in total. The third-order valence-electron chi connectivity index (χ3n) is 4.37. The van der Waals surface area contributed by atoms with Gasteiger partial charge < -0.3 is 10.4 Å². The normalized spacial score (nSPS) is 11.1. The van der Waals surface area contributed by atoms with Gasteiger partial charge in [0, 0.05) is 16.3 Å². The van der Waals surface area contributed by atoms with Gasteiger partial charge in [-0.1, -0.05) is 41.0 Å². The van der Waals surface area contributed by atoms with Gasteiger partial charge in [-0.3, -0.25) is 4.79 Å². The molecule has 12 heteroatoms. The van der Waals surface area contributed by atoms with E-state index in [1.807, 2.05) is 11.4 Å². The first kappa shape index (κ1) is 22.9. The maximum Gasteiger partial charge on any atom is 0.346 e. The number of rotatable bonds is 6. The highest BCUT2D eigenvalue weighted by atomic mass is 35.5. The quantitative estimate of drug-likeness (QED) is 0.229. The van der Waals surface area contributed by atoms with Gasteiger partial charge in [-0.25, -0.2) is 19.7 Å². The van der Waals surface area contributed by atoms with Crippen LogP contribution in [-0.2, 0) is 4.79 Å². The van der Waals surface area contributed by atoms with Crippen LogP contribution < -0.4 is 5.32 Å². The summed E-state index contributed by atoms with van der Waals surface area (Å²) >= 11 is 15.7. The number of aryl methyl sites for hydroxylation is 2. The van der Waals surface area contributed by atoms with E-state index in [1.54, 1.807) is 26.0 Å². The second kappa shape index (κ2) is 9.32. The fraction of sp³-hybridized carbons (Fsp3) is 0.150. The fourth-order valence-electron chi connectivity index (χ4n) is 2.92. The zero-order valence-electron chi connectivity index (χ0n) is 16.6. The van der Waals surface area contributed by atoms with Gasteiger partial charge in [-0.15, -0.1) is 22.7 Å². The Morgan fingerprint density at radius 3 is 2.66 bits per heavy atom. The number of thiazole rings is 1. The molecule has 0 unspecified atom stereocenters. The van der Waals surface area contributed by atoms with Crippen LogP contribution in [0.4, 0.5) is 5.13 Å². The van der Waals surface area contributed by atoms with E-state index in [0.29, 0.717) is 47.5 Å². The highest BCUT2D eigenvalue weighted by Crippen LogP contribution is 2.36. The van der Waals surface area contributed by atoms with E-state index in [1.165, 1.54) is 23.1 Å². The Morgan fingerprint density at radius 1 is 1.16 bits per heavy atom. The lowest BCUT2D eigenvalue weighted by Crippen LogP contribution is -2.14. The number of halogens is 2. The number of carboxylic acid groups (broad SMARTS) is 1. The number of carboxylic acids is 1. The minimum Gasteiger partial charge on any atom is -0.477 e. The highest BCUT2D eigenvalue weighted by molar-refractivity contribution is 8.00.